The Labute approximate surface area is 72.7 Å². The molecule has 4 heteroatoms. The molecule has 0 rings (SSSR count). The molecule has 0 aromatic carbocycles. The molecule has 0 aromatic heterocycles. The summed E-state index contributed by atoms with van der Waals surface area (Å²) >= 11 is 0. The van der Waals surface area contributed by atoms with E-state index in [0.717, 1.165) is 19.3 Å². The number of hydrogen-bond donors (Lipinski definition) is 1. The molecular formula is C8H17NO3. The molecule has 0 saturated heterocycles. The fraction of sp³-hybridized carbons (Fsp3) is 1.00. The van der Waals surface area contributed by atoms with E-state index in [2.05, 4.69) is 6.92 Å². The van der Waals surface area contributed by atoms with E-state index in [-0.39, 0.29) is 24.0 Å². The molecule has 0 radical (unpaired) electrons. The lowest BCUT2D eigenvalue weighted by atomic mass is 10.00. The van der Waals surface area contributed by atoms with Gasteiger partial charge in [-0.25, -0.2) is 0 Å². The highest BCUT2D eigenvalue weighted by atomic mass is 16.6. The molecule has 0 aliphatic heterocycles. The zero-order valence-electron chi connectivity index (χ0n) is 7.53. The molecule has 1 atom stereocenters. The van der Waals surface area contributed by atoms with Crippen LogP contribution in [0.15, 0.2) is 0 Å². The van der Waals surface area contributed by atoms with Gasteiger partial charge in [0.05, 0.1) is 0 Å². The lowest BCUT2D eigenvalue weighted by molar-refractivity contribution is -0.481. The average molecular weight is 175 g/mol. The van der Waals surface area contributed by atoms with E-state index in [1.54, 1.807) is 0 Å². The third-order valence-corrected chi connectivity index (χ3v) is 1.94. The predicted octanol–water partition coefficient (Wildman–Crippen LogP) is 1.45. The summed E-state index contributed by atoms with van der Waals surface area (Å²) in [4.78, 5) is 9.69. The Morgan fingerprint density at radius 3 is 2.58 bits per heavy atom. The van der Waals surface area contributed by atoms with Crippen molar-refractivity contribution in [2.45, 2.75) is 32.6 Å². The van der Waals surface area contributed by atoms with Crippen molar-refractivity contribution in [3.63, 3.8) is 0 Å². The van der Waals surface area contributed by atoms with E-state index in [9.17, 15) is 10.1 Å². The fourth-order valence-electron chi connectivity index (χ4n) is 1.11. The van der Waals surface area contributed by atoms with Crippen LogP contribution in [0, 0.1) is 16.0 Å². The van der Waals surface area contributed by atoms with Crippen LogP contribution in [-0.2, 0) is 0 Å². The molecule has 0 saturated carbocycles. The second-order valence-corrected chi connectivity index (χ2v) is 3.04. The molecule has 0 aliphatic carbocycles. The molecule has 0 aliphatic rings. The molecule has 0 unspecified atom stereocenters. The van der Waals surface area contributed by atoms with Crippen LogP contribution in [0.3, 0.4) is 0 Å². The van der Waals surface area contributed by atoms with Gasteiger partial charge < -0.3 is 5.11 Å². The van der Waals surface area contributed by atoms with Gasteiger partial charge in [0.25, 0.3) is 0 Å². The first kappa shape index (κ1) is 11.4. The van der Waals surface area contributed by atoms with Crippen LogP contribution in [-0.4, -0.2) is 23.2 Å². The van der Waals surface area contributed by atoms with Gasteiger partial charge in [0.1, 0.15) is 0 Å². The van der Waals surface area contributed by atoms with E-state index in [1.807, 2.05) is 0 Å². The van der Waals surface area contributed by atoms with Crippen LogP contribution >= 0.6 is 0 Å². The molecule has 0 spiro atoms. The molecule has 0 bridgehead atoms. The Kier molecular flexibility index (Phi) is 6.66. The second kappa shape index (κ2) is 7.03. The number of nitro groups is 1. The van der Waals surface area contributed by atoms with E-state index < -0.39 is 0 Å². The van der Waals surface area contributed by atoms with Crippen LogP contribution in [0.2, 0.25) is 0 Å². The summed E-state index contributed by atoms with van der Waals surface area (Å²) in [6.07, 6.45) is 3.53. The Morgan fingerprint density at radius 2 is 2.17 bits per heavy atom. The number of hydrogen-bond acceptors (Lipinski definition) is 3. The van der Waals surface area contributed by atoms with Gasteiger partial charge in [-0.1, -0.05) is 19.8 Å². The average Bonchev–Trinajstić information content (AvgIpc) is 2.05. The van der Waals surface area contributed by atoms with E-state index >= 15 is 0 Å². The molecule has 72 valence electrons. The van der Waals surface area contributed by atoms with Crippen molar-refractivity contribution in [3.05, 3.63) is 10.1 Å². The van der Waals surface area contributed by atoms with E-state index in [1.165, 1.54) is 0 Å². The quantitative estimate of drug-likeness (QED) is 0.470. The SMILES string of the molecule is CCCC[C@@H](CO)CC[N+](=O)[O-]. The van der Waals surface area contributed by atoms with Gasteiger partial charge in [-0.05, 0) is 12.3 Å². The number of nitrogens with zero attached hydrogens (tertiary/aromatic N) is 1. The Bertz CT molecular complexity index is 127. The molecule has 0 heterocycles. The molecule has 0 fully saturated rings. The second-order valence-electron chi connectivity index (χ2n) is 3.04. The first-order chi connectivity index (χ1) is 5.70. The highest BCUT2D eigenvalue weighted by Gasteiger charge is 2.09. The van der Waals surface area contributed by atoms with Gasteiger partial charge in [0, 0.05) is 18.0 Å². The van der Waals surface area contributed by atoms with Crippen LogP contribution in [0.25, 0.3) is 0 Å². The number of unbranched alkanes of at least 4 members (excludes halogenated alkanes) is 1. The topological polar surface area (TPSA) is 63.4 Å². The number of aliphatic hydroxyl groups is 1. The van der Waals surface area contributed by atoms with Gasteiger partial charge in [0.15, 0.2) is 0 Å². The standard InChI is InChI=1S/C8H17NO3/c1-2-3-4-8(7-10)5-6-9(11)12/h8,10H,2-7H2,1H3/t8-/m1/s1. The largest absolute Gasteiger partial charge is 0.396 e. The minimum absolute atomic E-state index is 0.0189. The lowest BCUT2D eigenvalue weighted by Gasteiger charge is -2.09. The maximum atomic E-state index is 10.0. The molecule has 1 N–H and O–H groups in total. The molecule has 4 nitrogen and oxygen atoms in total. The minimum atomic E-state index is -0.325. The van der Waals surface area contributed by atoms with Crippen LogP contribution in [0.4, 0.5) is 0 Å². The molecular weight excluding hydrogens is 158 g/mol. The Morgan fingerprint density at radius 1 is 1.50 bits per heavy atom. The van der Waals surface area contributed by atoms with Crippen molar-refractivity contribution in [2.75, 3.05) is 13.2 Å². The van der Waals surface area contributed by atoms with Crippen LogP contribution < -0.4 is 0 Å². The smallest absolute Gasteiger partial charge is 0.204 e. The predicted molar refractivity (Wildman–Crippen MR) is 46.6 cm³/mol. The van der Waals surface area contributed by atoms with Crippen molar-refractivity contribution in [3.8, 4) is 0 Å². The maximum Gasteiger partial charge on any atom is 0.204 e. The maximum absolute atomic E-state index is 10.0. The van der Waals surface area contributed by atoms with Gasteiger partial charge in [0.2, 0.25) is 6.54 Å². The van der Waals surface area contributed by atoms with E-state index in [0.29, 0.717) is 6.42 Å². The van der Waals surface area contributed by atoms with Crippen molar-refractivity contribution in [2.24, 2.45) is 5.92 Å². The summed E-state index contributed by atoms with van der Waals surface area (Å²) in [6, 6.07) is 0. The van der Waals surface area contributed by atoms with Gasteiger partial charge in [-0.2, -0.15) is 0 Å². The number of aliphatic hydroxyl groups excluding tert-OH is 1. The van der Waals surface area contributed by atoms with Crippen molar-refractivity contribution >= 4 is 0 Å². The van der Waals surface area contributed by atoms with Crippen molar-refractivity contribution < 1.29 is 10.0 Å². The van der Waals surface area contributed by atoms with Crippen molar-refractivity contribution in [1.29, 1.82) is 0 Å². The summed E-state index contributed by atoms with van der Waals surface area (Å²) in [7, 11) is 0. The summed E-state index contributed by atoms with van der Waals surface area (Å²) in [5, 5.41) is 18.9. The van der Waals surface area contributed by atoms with Gasteiger partial charge >= 0.3 is 0 Å². The molecule has 12 heavy (non-hydrogen) atoms. The third kappa shape index (κ3) is 6.09. The minimum Gasteiger partial charge on any atom is -0.396 e. The van der Waals surface area contributed by atoms with E-state index in [4.69, 9.17) is 5.11 Å². The first-order valence-electron chi connectivity index (χ1n) is 4.43. The van der Waals surface area contributed by atoms with Crippen molar-refractivity contribution in [1.82, 2.24) is 0 Å². The highest BCUT2D eigenvalue weighted by molar-refractivity contribution is 4.56. The van der Waals surface area contributed by atoms with Gasteiger partial charge in [-0.15, -0.1) is 0 Å². The lowest BCUT2D eigenvalue weighted by Crippen LogP contribution is -2.12. The monoisotopic (exact) mass is 175 g/mol. The first-order valence-corrected chi connectivity index (χ1v) is 4.43. The molecule has 0 aromatic rings. The number of rotatable bonds is 7. The van der Waals surface area contributed by atoms with Gasteiger partial charge in [-0.3, -0.25) is 10.1 Å². The zero-order chi connectivity index (χ0) is 9.40. The summed E-state index contributed by atoms with van der Waals surface area (Å²) in [5.74, 6) is 0.121. The highest BCUT2D eigenvalue weighted by Crippen LogP contribution is 2.11. The third-order valence-electron chi connectivity index (χ3n) is 1.94. The normalized spacial score (nSPS) is 12.8. The Hall–Kier alpha value is -0.640. The summed E-state index contributed by atoms with van der Waals surface area (Å²) in [5.41, 5.74) is 0. The zero-order valence-corrected chi connectivity index (χ0v) is 7.53. The summed E-state index contributed by atoms with van der Waals surface area (Å²) < 4.78 is 0. The van der Waals surface area contributed by atoms with Crippen LogP contribution in [0.5, 0.6) is 0 Å². The Balaban J connectivity index is 3.45. The van der Waals surface area contributed by atoms with Crippen LogP contribution in [0.1, 0.15) is 32.6 Å². The summed E-state index contributed by atoms with van der Waals surface area (Å²) in [6.45, 7) is 2.13. The molecule has 0 amide bonds. The fourth-order valence-corrected chi connectivity index (χ4v) is 1.11.